The van der Waals surface area contributed by atoms with Crippen LogP contribution in [0.3, 0.4) is 0 Å². The van der Waals surface area contributed by atoms with Crippen LogP contribution >= 0.6 is 0 Å². The van der Waals surface area contributed by atoms with Crippen molar-refractivity contribution >= 4 is 0 Å². The summed E-state index contributed by atoms with van der Waals surface area (Å²) in [5.41, 5.74) is 2.90. The van der Waals surface area contributed by atoms with Gasteiger partial charge in [-0.2, -0.15) is 5.10 Å². The highest BCUT2D eigenvalue weighted by molar-refractivity contribution is 5.19. The van der Waals surface area contributed by atoms with E-state index in [1.54, 1.807) is 0 Å². The molecule has 2 fully saturated rings. The summed E-state index contributed by atoms with van der Waals surface area (Å²) in [4.78, 5) is 0. The quantitative estimate of drug-likeness (QED) is 0.750. The Kier molecular flexibility index (Phi) is 3.72. The fourth-order valence-corrected chi connectivity index (χ4v) is 3.88. The van der Waals surface area contributed by atoms with Crippen LogP contribution in [0.2, 0.25) is 0 Å². The Morgan fingerprint density at radius 1 is 0.889 bits per heavy atom. The number of rotatable bonds is 2. The first-order chi connectivity index (χ1) is 8.84. The normalized spacial score (nSPS) is 23.4. The molecule has 1 heterocycles. The van der Waals surface area contributed by atoms with E-state index in [1.807, 2.05) is 0 Å². The molecule has 0 spiro atoms. The molecule has 3 rings (SSSR count). The molecule has 0 atom stereocenters. The zero-order chi connectivity index (χ0) is 12.4. The summed E-state index contributed by atoms with van der Waals surface area (Å²) in [5.74, 6) is 1.54. The first-order valence-electron chi connectivity index (χ1n) is 7.88. The van der Waals surface area contributed by atoms with E-state index in [-0.39, 0.29) is 0 Å². The Hall–Kier alpha value is -0.790. The summed E-state index contributed by atoms with van der Waals surface area (Å²) >= 11 is 0. The maximum Gasteiger partial charge on any atom is 0.0658 e. The predicted molar refractivity (Wildman–Crippen MR) is 74.9 cm³/mol. The molecule has 2 saturated carbocycles. The Morgan fingerprint density at radius 2 is 1.44 bits per heavy atom. The average Bonchev–Trinajstić information content (AvgIpc) is 2.83. The Morgan fingerprint density at radius 3 is 2.06 bits per heavy atom. The lowest BCUT2D eigenvalue weighted by Gasteiger charge is -2.21. The van der Waals surface area contributed by atoms with Crippen molar-refractivity contribution in [1.29, 1.82) is 0 Å². The molecule has 100 valence electrons. The minimum absolute atomic E-state index is 0.752. The SMILES string of the molecule is Cn1nc(C2CCCCC2)cc1C1CCCCC1. The highest BCUT2D eigenvalue weighted by Gasteiger charge is 2.23. The Balaban J connectivity index is 1.76. The molecular formula is C16H26N2. The second-order valence-electron chi connectivity index (χ2n) is 6.29. The zero-order valence-electron chi connectivity index (χ0n) is 11.7. The topological polar surface area (TPSA) is 17.8 Å². The van der Waals surface area contributed by atoms with Gasteiger partial charge < -0.3 is 0 Å². The summed E-state index contributed by atoms with van der Waals surface area (Å²) in [6, 6.07) is 2.44. The van der Waals surface area contributed by atoms with Crippen LogP contribution in [0, 0.1) is 0 Å². The Bertz CT molecular complexity index is 382. The molecular weight excluding hydrogens is 220 g/mol. The monoisotopic (exact) mass is 246 g/mol. The summed E-state index contributed by atoms with van der Waals surface area (Å²) in [6.45, 7) is 0. The van der Waals surface area contributed by atoms with E-state index in [2.05, 4.69) is 17.8 Å². The van der Waals surface area contributed by atoms with Crippen molar-refractivity contribution in [3.8, 4) is 0 Å². The third-order valence-corrected chi connectivity index (χ3v) is 4.98. The average molecular weight is 246 g/mol. The molecule has 2 aliphatic carbocycles. The van der Waals surface area contributed by atoms with E-state index in [1.165, 1.54) is 75.6 Å². The lowest BCUT2D eigenvalue weighted by Crippen LogP contribution is -2.09. The van der Waals surface area contributed by atoms with E-state index >= 15 is 0 Å². The highest BCUT2D eigenvalue weighted by Crippen LogP contribution is 2.36. The summed E-state index contributed by atoms with van der Waals surface area (Å²) in [6.07, 6.45) is 14.0. The van der Waals surface area contributed by atoms with Crippen LogP contribution < -0.4 is 0 Å². The Labute approximate surface area is 111 Å². The van der Waals surface area contributed by atoms with Crippen molar-refractivity contribution in [2.45, 2.75) is 76.0 Å². The van der Waals surface area contributed by atoms with Gasteiger partial charge in [0.1, 0.15) is 0 Å². The zero-order valence-corrected chi connectivity index (χ0v) is 11.7. The van der Waals surface area contributed by atoms with Gasteiger partial charge in [-0.3, -0.25) is 4.68 Å². The maximum atomic E-state index is 4.83. The van der Waals surface area contributed by atoms with Gasteiger partial charge in [-0.25, -0.2) is 0 Å². The summed E-state index contributed by atoms with van der Waals surface area (Å²) < 4.78 is 2.18. The van der Waals surface area contributed by atoms with Gasteiger partial charge >= 0.3 is 0 Å². The van der Waals surface area contributed by atoms with Gasteiger partial charge in [0.25, 0.3) is 0 Å². The minimum Gasteiger partial charge on any atom is -0.272 e. The molecule has 18 heavy (non-hydrogen) atoms. The molecule has 0 aliphatic heterocycles. The molecule has 0 radical (unpaired) electrons. The molecule has 1 aromatic rings. The van der Waals surface area contributed by atoms with Gasteiger partial charge in [-0.1, -0.05) is 38.5 Å². The number of nitrogens with zero attached hydrogens (tertiary/aromatic N) is 2. The van der Waals surface area contributed by atoms with Crippen LogP contribution in [0.4, 0.5) is 0 Å². The van der Waals surface area contributed by atoms with Crippen LogP contribution in [0.25, 0.3) is 0 Å². The molecule has 0 saturated heterocycles. The third-order valence-electron chi connectivity index (χ3n) is 4.98. The largest absolute Gasteiger partial charge is 0.272 e. The molecule has 0 unspecified atom stereocenters. The summed E-state index contributed by atoms with van der Waals surface area (Å²) in [7, 11) is 2.15. The van der Waals surface area contributed by atoms with Gasteiger partial charge in [0.15, 0.2) is 0 Å². The molecule has 0 N–H and O–H groups in total. The fourth-order valence-electron chi connectivity index (χ4n) is 3.88. The van der Waals surface area contributed by atoms with E-state index in [9.17, 15) is 0 Å². The molecule has 2 aliphatic rings. The number of hydrogen-bond acceptors (Lipinski definition) is 1. The van der Waals surface area contributed by atoms with Crippen LogP contribution in [0.15, 0.2) is 6.07 Å². The number of hydrogen-bond donors (Lipinski definition) is 0. The second-order valence-corrected chi connectivity index (χ2v) is 6.29. The van der Waals surface area contributed by atoms with Crippen molar-refractivity contribution in [1.82, 2.24) is 9.78 Å². The van der Waals surface area contributed by atoms with Crippen LogP contribution in [0.5, 0.6) is 0 Å². The van der Waals surface area contributed by atoms with Crippen molar-refractivity contribution in [2.75, 3.05) is 0 Å². The van der Waals surface area contributed by atoms with Crippen LogP contribution in [0.1, 0.15) is 87.4 Å². The van der Waals surface area contributed by atoms with Crippen molar-refractivity contribution < 1.29 is 0 Å². The molecule has 2 heteroatoms. The smallest absolute Gasteiger partial charge is 0.0658 e. The lowest BCUT2D eigenvalue weighted by molar-refractivity contribution is 0.422. The first-order valence-corrected chi connectivity index (χ1v) is 7.88. The van der Waals surface area contributed by atoms with E-state index in [0.29, 0.717) is 0 Å². The highest BCUT2D eigenvalue weighted by atomic mass is 15.3. The number of aromatic nitrogens is 2. The molecule has 1 aromatic heterocycles. The van der Waals surface area contributed by atoms with Gasteiger partial charge in [-0.05, 0) is 31.7 Å². The fraction of sp³-hybridized carbons (Fsp3) is 0.812. The maximum absolute atomic E-state index is 4.83. The van der Waals surface area contributed by atoms with E-state index in [4.69, 9.17) is 5.10 Å². The van der Waals surface area contributed by atoms with Crippen molar-refractivity contribution in [3.05, 3.63) is 17.5 Å². The van der Waals surface area contributed by atoms with Crippen molar-refractivity contribution in [2.24, 2.45) is 7.05 Å². The minimum atomic E-state index is 0.752. The molecule has 0 bridgehead atoms. The van der Waals surface area contributed by atoms with Crippen molar-refractivity contribution in [3.63, 3.8) is 0 Å². The second kappa shape index (κ2) is 5.46. The lowest BCUT2D eigenvalue weighted by atomic mass is 9.84. The van der Waals surface area contributed by atoms with E-state index < -0.39 is 0 Å². The van der Waals surface area contributed by atoms with Gasteiger partial charge in [0.2, 0.25) is 0 Å². The van der Waals surface area contributed by atoms with Gasteiger partial charge in [0.05, 0.1) is 5.69 Å². The molecule has 2 nitrogen and oxygen atoms in total. The van der Waals surface area contributed by atoms with Crippen LogP contribution in [-0.4, -0.2) is 9.78 Å². The predicted octanol–water partition coefficient (Wildman–Crippen LogP) is 4.52. The van der Waals surface area contributed by atoms with Gasteiger partial charge in [-0.15, -0.1) is 0 Å². The first kappa shape index (κ1) is 12.3. The van der Waals surface area contributed by atoms with Crippen LogP contribution in [-0.2, 0) is 7.05 Å². The summed E-state index contributed by atoms with van der Waals surface area (Å²) in [5, 5.41) is 4.83. The van der Waals surface area contributed by atoms with Gasteiger partial charge in [0, 0.05) is 24.6 Å². The third kappa shape index (κ3) is 2.48. The molecule has 0 aromatic carbocycles. The number of aryl methyl sites for hydroxylation is 1. The molecule has 0 amide bonds. The standard InChI is InChI=1S/C16H26N2/c1-18-16(14-10-6-3-7-11-14)12-15(17-18)13-8-4-2-5-9-13/h12-14H,2-11H2,1H3. The van der Waals surface area contributed by atoms with E-state index in [0.717, 1.165) is 11.8 Å².